The SMILES string of the molecule is [CH2-]/[N+](C)=C(C)\C(C)=C(\C)P(C)C. The van der Waals surface area contributed by atoms with Crippen LogP contribution in [0, 0.1) is 7.05 Å². The number of hydrogen-bond acceptors (Lipinski definition) is 0. The lowest BCUT2D eigenvalue weighted by molar-refractivity contribution is -0.430. The fraction of sp³-hybridized carbons (Fsp3) is 0.600. The highest BCUT2D eigenvalue weighted by atomic mass is 31.1. The molecule has 0 heterocycles. The van der Waals surface area contributed by atoms with E-state index in [1.54, 1.807) is 0 Å². The van der Waals surface area contributed by atoms with Crippen molar-refractivity contribution in [1.29, 1.82) is 0 Å². The molecular formula is C10H20NP. The van der Waals surface area contributed by atoms with Crippen molar-refractivity contribution in [2.75, 3.05) is 20.4 Å². The van der Waals surface area contributed by atoms with Crippen LogP contribution in [0.15, 0.2) is 10.9 Å². The number of nitrogens with zero attached hydrogens (tertiary/aromatic N) is 1. The Labute approximate surface area is 77.9 Å². The molecule has 0 spiro atoms. The maximum atomic E-state index is 3.87. The lowest BCUT2D eigenvalue weighted by Gasteiger charge is -2.14. The minimum Gasteiger partial charge on any atom is -0.368 e. The van der Waals surface area contributed by atoms with Crippen LogP contribution in [0.5, 0.6) is 0 Å². The summed E-state index contributed by atoms with van der Waals surface area (Å²) in [5.41, 5.74) is 2.66. The molecular weight excluding hydrogens is 165 g/mol. The summed E-state index contributed by atoms with van der Waals surface area (Å²) in [4.78, 5) is 0. The van der Waals surface area contributed by atoms with Crippen LogP contribution in [0.4, 0.5) is 0 Å². The van der Waals surface area contributed by atoms with E-state index in [2.05, 4.69) is 41.1 Å². The first kappa shape index (κ1) is 11.7. The fourth-order valence-electron chi connectivity index (χ4n) is 0.884. The zero-order valence-corrected chi connectivity index (χ0v) is 10.00. The van der Waals surface area contributed by atoms with Gasteiger partial charge in [0, 0.05) is 5.71 Å². The normalized spacial score (nSPS) is 15.9. The minimum atomic E-state index is 0.0460. The summed E-state index contributed by atoms with van der Waals surface area (Å²) in [6.45, 7) is 11.1. The van der Waals surface area contributed by atoms with Gasteiger partial charge >= 0.3 is 0 Å². The molecule has 0 N–H and O–H groups in total. The van der Waals surface area contributed by atoms with Crippen molar-refractivity contribution in [1.82, 2.24) is 0 Å². The molecule has 0 rings (SSSR count). The molecule has 0 aliphatic heterocycles. The molecule has 70 valence electrons. The van der Waals surface area contributed by atoms with Crippen molar-refractivity contribution in [2.45, 2.75) is 20.8 Å². The summed E-state index contributed by atoms with van der Waals surface area (Å²) in [6, 6.07) is 0. The summed E-state index contributed by atoms with van der Waals surface area (Å²) in [6.07, 6.45) is 0. The van der Waals surface area contributed by atoms with E-state index in [-0.39, 0.29) is 7.92 Å². The average molecular weight is 185 g/mol. The minimum absolute atomic E-state index is 0.0460. The van der Waals surface area contributed by atoms with Gasteiger partial charge in [0.1, 0.15) is 7.05 Å². The molecule has 0 aromatic heterocycles. The Morgan fingerprint density at radius 1 is 1.17 bits per heavy atom. The standard InChI is InChI=1S/C10H20NP/c1-8(9(2)11(4)5)10(3)12(6)7/h4H2,1-3,5-7H3/b10-8-. The van der Waals surface area contributed by atoms with Gasteiger partial charge in [0.05, 0.1) is 0 Å². The molecule has 0 fully saturated rings. The molecule has 0 aliphatic rings. The molecule has 0 bridgehead atoms. The molecule has 0 atom stereocenters. The third kappa shape index (κ3) is 2.98. The van der Waals surface area contributed by atoms with Gasteiger partial charge in [-0.25, -0.2) is 0 Å². The highest BCUT2D eigenvalue weighted by Gasteiger charge is 2.02. The van der Waals surface area contributed by atoms with Crippen molar-refractivity contribution in [2.24, 2.45) is 0 Å². The Kier molecular flexibility index (Phi) is 4.55. The Morgan fingerprint density at radius 2 is 1.58 bits per heavy atom. The van der Waals surface area contributed by atoms with Crippen molar-refractivity contribution >= 4 is 13.6 Å². The summed E-state index contributed by atoms with van der Waals surface area (Å²) < 4.78 is 1.93. The van der Waals surface area contributed by atoms with E-state index >= 15 is 0 Å². The van der Waals surface area contributed by atoms with Crippen LogP contribution in [-0.2, 0) is 0 Å². The van der Waals surface area contributed by atoms with Gasteiger partial charge in [-0.2, -0.15) is 0 Å². The quantitative estimate of drug-likeness (QED) is 0.269. The van der Waals surface area contributed by atoms with Gasteiger partial charge < -0.3 is 4.58 Å². The van der Waals surface area contributed by atoms with E-state index in [1.165, 1.54) is 16.6 Å². The van der Waals surface area contributed by atoms with E-state index in [1.807, 2.05) is 11.6 Å². The molecule has 0 saturated heterocycles. The second-order valence-corrected chi connectivity index (χ2v) is 5.85. The molecule has 0 aromatic carbocycles. The van der Waals surface area contributed by atoms with E-state index in [0.717, 1.165) is 0 Å². The Hall–Kier alpha value is -0.290. The second kappa shape index (κ2) is 4.67. The first-order chi connectivity index (χ1) is 5.37. The van der Waals surface area contributed by atoms with Crippen molar-refractivity contribution in [3.63, 3.8) is 0 Å². The summed E-state index contributed by atoms with van der Waals surface area (Å²) >= 11 is 0. The van der Waals surface area contributed by atoms with Crippen LogP contribution in [0.3, 0.4) is 0 Å². The van der Waals surface area contributed by atoms with E-state index in [9.17, 15) is 0 Å². The van der Waals surface area contributed by atoms with Crippen LogP contribution in [0.1, 0.15) is 20.8 Å². The topological polar surface area (TPSA) is 3.01 Å². The van der Waals surface area contributed by atoms with Crippen LogP contribution in [0.2, 0.25) is 0 Å². The monoisotopic (exact) mass is 185 g/mol. The molecule has 2 heteroatoms. The van der Waals surface area contributed by atoms with Gasteiger partial charge in [0.2, 0.25) is 0 Å². The number of allylic oxidation sites excluding steroid dienone is 2. The molecule has 0 unspecified atom stereocenters. The van der Waals surface area contributed by atoms with Gasteiger partial charge in [0.25, 0.3) is 0 Å². The lowest BCUT2D eigenvalue weighted by Crippen LogP contribution is -2.09. The maximum Gasteiger partial charge on any atom is 0.105 e. The Balaban J connectivity index is 4.93. The van der Waals surface area contributed by atoms with Crippen LogP contribution in [-0.4, -0.2) is 30.7 Å². The maximum absolute atomic E-state index is 3.87. The Bertz CT molecular complexity index is 220. The van der Waals surface area contributed by atoms with E-state index < -0.39 is 0 Å². The van der Waals surface area contributed by atoms with Crippen molar-refractivity contribution < 1.29 is 4.58 Å². The van der Waals surface area contributed by atoms with E-state index in [0.29, 0.717) is 0 Å². The lowest BCUT2D eigenvalue weighted by atomic mass is 10.2. The van der Waals surface area contributed by atoms with Gasteiger partial charge in [-0.15, -0.1) is 0 Å². The predicted octanol–water partition coefficient (Wildman–Crippen LogP) is 2.92. The van der Waals surface area contributed by atoms with Crippen LogP contribution in [0.25, 0.3) is 0 Å². The Morgan fingerprint density at radius 3 is 1.83 bits per heavy atom. The first-order valence-corrected chi connectivity index (χ1v) is 6.34. The summed E-state index contributed by atoms with van der Waals surface area (Å²) in [7, 11) is 5.90. The highest BCUT2D eigenvalue weighted by Crippen LogP contribution is 2.37. The molecule has 12 heavy (non-hydrogen) atoms. The van der Waals surface area contributed by atoms with Crippen LogP contribution < -0.4 is 0 Å². The van der Waals surface area contributed by atoms with E-state index in [4.69, 9.17) is 0 Å². The second-order valence-electron chi connectivity index (χ2n) is 3.39. The number of hydrogen-bond donors (Lipinski definition) is 0. The highest BCUT2D eigenvalue weighted by molar-refractivity contribution is 7.60. The summed E-state index contributed by atoms with van der Waals surface area (Å²) in [5, 5.41) is 1.51. The van der Waals surface area contributed by atoms with Gasteiger partial charge in [0.15, 0.2) is 0 Å². The third-order valence-corrected chi connectivity index (χ3v) is 4.01. The molecule has 0 amide bonds. The first-order valence-electron chi connectivity index (χ1n) is 4.11. The zero-order valence-electron chi connectivity index (χ0n) is 9.10. The van der Waals surface area contributed by atoms with Gasteiger partial charge in [-0.1, -0.05) is 25.7 Å². The fourth-order valence-corrected chi connectivity index (χ4v) is 1.72. The molecule has 0 saturated carbocycles. The van der Waals surface area contributed by atoms with Gasteiger partial charge in [-0.05, 0) is 34.2 Å². The third-order valence-electron chi connectivity index (χ3n) is 2.33. The largest absolute Gasteiger partial charge is 0.368 e. The van der Waals surface area contributed by atoms with Gasteiger partial charge in [-0.3, -0.25) is 0 Å². The average Bonchev–Trinajstić information content (AvgIpc) is 2.00. The molecule has 0 aromatic rings. The van der Waals surface area contributed by atoms with Crippen molar-refractivity contribution in [3.05, 3.63) is 17.9 Å². The summed E-state index contributed by atoms with van der Waals surface area (Å²) in [5.74, 6) is 0. The predicted molar refractivity (Wildman–Crippen MR) is 59.4 cm³/mol. The molecule has 0 aliphatic carbocycles. The molecule has 1 nitrogen and oxygen atoms in total. The molecule has 0 radical (unpaired) electrons. The van der Waals surface area contributed by atoms with Crippen LogP contribution >= 0.6 is 7.92 Å². The number of rotatable bonds is 2. The van der Waals surface area contributed by atoms with Crippen molar-refractivity contribution in [3.8, 4) is 0 Å². The smallest absolute Gasteiger partial charge is 0.105 e. The zero-order chi connectivity index (χ0) is 9.89.